The number of aliphatic hydroxyl groups is 1. The van der Waals surface area contributed by atoms with Crippen molar-refractivity contribution >= 4 is 0 Å². The molecule has 0 aliphatic rings. The first kappa shape index (κ1) is 18.7. The lowest BCUT2D eigenvalue weighted by Gasteiger charge is -2.27. The number of aromatic nitrogens is 1. The van der Waals surface area contributed by atoms with Gasteiger partial charge in [0.25, 0.3) is 0 Å². The summed E-state index contributed by atoms with van der Waals surface area (Å²) in [6, 6.07) is 14.8. The molecule has 0 amide bonds. The first-order valence-corrected chi connectivity index (χ1v) is 8.65. The molecule has 0 aliphatic heterocycles. The van der Waals surface area contributed by atoms with E-state index >= 15 is 0 Å². The van der Waals surface area contributed by atoms with Crippen molar-refractivity contribution in [2.75, 3.05) is 26.8 Å². The highest BCUT2D eigenvalue weighted by atomic mass is 16.5. The largest absolute Gasteiger partial charge is 0.389 e. The Morgan fingerprint density at radius 3 is 2.50 bits per heavy atom. The van der Waals surface area contributed by atoms with Crippen LogP contribution in [0.5, 0.6) is 0 Å². The summed E-state index contributed by atoms with van der Waals surface area (Å²) < 4.78 is 7.35. The summed E-state index contributed by atoms with van der Waals surface area (Å²) in [5.74, 6) is 0.553. The van der Waals surface area contributed by atoms with E-state index in [0.717, 1.165) is 19.6 Å². The van der Waals surface area contributed by atoms with E-state index < -0.39 is 6.10 Å². The number of ether oxygens (including phenoxy) is 1. The molecule has 0 aliphatic carbocycles. The van der Waals surface area contributed by atoms with Crippen LogP contribution in [0, 0.1) is 5.92 Å². The van der Waals surface area contributed by atoms with Crippen molar-refractivity contribution in [2.45, 2.75) is 33.0 Å². The maximum Gasteiger partial charge on any atom is 0.0900 e. The molecule has 1 atom stereocenters. The Morgan fingerprint density at radius 1 is 1.08 bits per heavy atom. The van der Waals surface area contributed by atoms with Crippen molar-refractivity contribution in [3.63, 3.8) is 0 Å². The Kier molecular flexibility index (Phi) is 7.50. The number of aliphatic hydroxyl groups excluding tert-OH is 1. The van der Waals surface area contributed by atoms with Gasteiger partial charge in [0.05, 0.1) is 12.7 Å². The van der Waals surface area contributed by atoms with Gasteiger partial charge in [0, 0.05) is 45.2 Å². The van der Waals surface area contributed by atoms with Gasteiger partial charge in [-0.2, -0.15) is 0 Å². The second-order valence-corrected chi connectivity index (χ2v) is 6.81. The molecule has 0 saturated carbocycles. The molecular formula is C20H30N2O2. The van der Waals surface area contributed by atoms with Gasteiger partial charge in [0.1, 0.15) is 0 Å². The van der Waals surface area contributed by atoms with Crippen LogP contribution in [0.3, 0.4) is 0 Å². The molecule has 0 spiro atoms. The standard InChI is InChI=1S/C20H30N2O2/c1-17(2)12-21(15-20(23)16-24-3)14-19-10-7-11-22(19)13-18-8-5-4-6-9-18/h4-11,17,20,23H,12-16H2,1-3H3/t20-/m1/s1. The van der Waals surface area contributed by atoms with Crippen LogP contribution in [0.25, 0.3) is 0 Å². The molecule has 4 heteroatoms. The van der Waals surface area contributed by atoms with Gasteiger partial charge >= 0.3 is 0 Å². The average molecular weight is 330 g/mol. The number of hydrogen-bond acceptors (Lipinski definition) is 3. The second kappa shape index (κ2) is 9.62. The van der Waals surface area contributed by atoms with E-state index in [9.17, 15) is 5.11 Å². The summed E-state index contributed by atoms with van der Waals surface area (Å²) in [7, 11) is 1.63. The molecule has 0 saturated heterocycles. The van der Waals surface area contributed by atoms with Crippen LogP contribution in [0.2, 0.25) is 0 Å². The third-order valence-corrected chi connectivity index (χ3v) is 3.96. The van der Waals surface area contributed by atoms with Gasteiger partial charge in [-0.05, 0) is 23.6 Å². The third kappa shape index (κ3) is 6.11. The Morgan fingerprint density at radius 2 is 1.83 bits per heavy atom. The minimum Gasteiger partial charge on any atom is -0.389 e. The number of rotatable bonds is 10. The van der Waals surface area contributed by atoms with Gasteiger partial charge < -0.3 is 14.4 Å². The minimum absolute atomic E-state index is 0.375. The molecule has 0 fully saturated rings. The zero-order valence-corrected chi connectivity index (χ0v) is 15.1. The fraction of sp³-hybridized carbons (Fsp3) is 0.500. The van der Waals surface area contributed by atoms with Gasteiger partial charge in [0.15, 0.2) is 0 Å². The monoisotopic (exact) mass is 330 g/mol. The average Bonchev–Trinajstić information content (AvgIpc) is 2.94. The Bertz CT molecular complexity index is 580. The van der Waals surface area contributed by atoms with Crippen LogP contribution in [-0.2, 0) is 17.8 Å². The van der Waals surface area contributed by atoms with E-state index in [4.69, 9.17) is 4.74 Å². The molecule has 0 radical (unpaired) electrons. The van der Waals surface area contributed by atoms with Crippen molar-refractivity contribution in [3.8, 4) is 0 Å². The number of methoxy groups -OCH3 is 1. The Hall–Kier alpha value is -1.62. The molecule has 2 aromatic rings. The topological polar surface area (TPSA) is 37.6 Å². The Balaban J connectivity index is 2.04. The van der Waals surface area contributed by atoms with E-state index in [1.54, 1.807) is 7.11 Å². The summed E-state index contributed by atoms with van der Waals surface area (Å²) >= 11 is 0. The predicted molar refractivity (Wildman–Crippen MR) is 98.0 cm³/mol. The van der Waals surface area contributed by atoms with Crippen molar-refractivity contribution < 1.29 is 9.84 Å². The summed E-state index contributed by atoms with van der Waals surface area (Å²) in [4.78, 5) is 2.31. The van der Waals surface area contributed by atoms with Gasteiger partial charge in [-0.25, -0.2) is 0 Å². The lowest BCUT2D eigenvalue weighted by Crippen LogP contribution is -2.37. The third-order valence-electron chi connectivity index (χ3n) is 3.96. The molecule has 1 heterocycles. The smallest absolute Gasteiger partial charge is 0.0900 e. The molecule has 132 valence electrons. The fourth-order valence-electron chi connectivity index (χ4n) is 3.02. The van der Waals surface area contributed by atoms with E-state index in [1.165, 1.54) is 11.3 Å². The summed E-state index contributed by atoms with van der Waals surface area (Å²) in [6.45, 7) is 8.08. The van der Waals surface area contributed by atoms with Crippen molar-refractivity contribution in [3.05, 3.63) is 59.9 Å². The van der Waals surface area contributed by atoms with E-state index in [2.05, 4.69) is 65.9 Å². The number of hydrogen-bond donors (Lipinski definition) is 1. The lowest BCUT2D eigenvalue weighted by molar-refractivity contribution is 0.0326. The van der Waals surface area contributed by atoms with Crippen LogP contribution in [-0.4, -0.2) is 47.5 Å². The second-order valence-electron chi connectivity index (χ2n) is 6.81. The molecule has 4 nitrogen and oxygen atoms in total. The molecule has 2 rings (SSSR count). The van der Waals surface area contributed by atoms with Crippen LogP contribution in [0.15, 0.2) is 48.7 Å². The van der Waals surface area contributed by atoms with Gasteiger partial charge in [0.2, 0.25) is 0 Å². The maximum absolute atomic E-state index is 10.1. The first-order valence-electron chi connectivity index (χ1n) is 8.65. The SMILES string of the molecule is COC[C@H](O)CN(Cc1cccn1Cc1ccccc1)CC(C)C. The lowest BCUT2D eigenvalue weighted by atomic mass is 10.2. The van der Waals surface area contributed by atoms with Crippen LogP contribution in [0.4, 0.5) is 0 Å². The van der Waals surface area contributed by atoms with Crippen LogP contribution >= 0.6 is 0 Å². The highest BCUT2D eigenvalue weighted by Crippen LogP contribution is 2.12. The number of benzene rings is 1. The highest BCUT2D eigenvalue weighted by Gasteiger charge is 2.15. The van der Waals surface area contributed by atoms with Gasteiger partial charge in [-0.3, -0.25) is 4.90 Å². The van der Waals surface area contributed by atoms with E-state index in [0.29, 0.717) is 19.1 Å². The summed E-state index contributed by atoms with van der Waals surface area (Å²) in [5, 5.41) is 10.1. The quantitative estimate of drug-likeness (QED) is 0.728. The molecule has 0 bridgehead atoms. The zero-order chi connectivity index (χ0) is 17.4. The normalized spacial score (nSPS) is 12.9. The zero-order valence-electron chi connectivity index (χ0n) is 15.1. The number of nitrogens with zero attached hydrogens (tertiary/aromatic N) is 2. The molecule has 1 aromatic carbocycles. The predicted octanol–water partition coefficient (Wildman–Crippen LogP) is 3.00. The molecule has 24 heavy (non-hydrogen) atoms. The van der Waals surface area contributed by atoms with Gasteiger partial charge in [-0.1, -0.05) is 44.2 Å². The molecule has 1 aromatic heterocycles. The maximum atomic E-state index is 10.1. The minimum atomic E-state index is -0.453. The molecule has 0 unspecified atom stereocenters. The van der Waals surface area contributed by atoms with E-state index in [1.807, 2.05) is 6.07 Å². The van der Waals surface area contributed by atoms with Gasteiger partial charge in [-0.15, -0.1) is 0 Å². The summed E-state index contributed by atoms with van der Waals surface area (Å²) in [6.07, 6.45) is 1.67. The fourth-order valence-corrected chi connectivity index (χ4v) is 3.02. The van der Waals surface area contributed by atoms with Crippen molar-refractivity contribution in [1.29, 1.82) is 0 Å². The Labute approximate surface area is 145 Å². The molecule has 1 N–H and O–H groups in total. The molecular weight excluding hydrogens is 300 g/mol. The van der Waals surface area contributed by atoms with Crippen LogP contribution in [0.1, 0.15) is 25.1 Å². The van der Waals surface area contributed by atoms with Crippen molar-refractivity contribution in [2.24, 2.45) is 5.92 Å². The van der Waals surface area contributed by atoms with E-state index in [-0.39, 0.29) is 0 Å². The summed E-state index contributed by atoms with van der Waals surface area (Å²) in [5.41, 5.74) is 2.56. The highest BCUT2D eigenvalue weighted by molar-refractivity contribution is 5.17. The first-order chi connectivity index (χ1) is 11.6. The van der Waals surface area contributed by atoms with Crippen molar-refractivity contribution in [1.82, 2.24) is 9.47 Å². The van der Waals surface area contributed by atoms with Crippen LogP contribution < -0.4 is 0 Å².